The third kappa shape index (κ3) is 4.47. The van der Waals surface area contributed by atoms with Crippen LogP contribution in [0.3, 0.4) is 0 Å². The van der Waals surface area contributed by atoms with Crippen LogP contribution in [0, 0.1) is 5.92 Å². The van der Waals surface area contributed by atoms with Crippen molar-refractivity contribution < 1.29 is 15.0 Å². The van der Waals surface area contributed by atoms with E-state index in [4.69, 9.17) is 5.73 Å². The first-order valence-electron chi connectivity index (χ1n) is 5.70. The summed E-state index contributed by atoms with van der Waals surface area (Å²) in [5.74, 6) is 0.0127. The maximum Gasteiger partial charge on any atom is 0.237 e. The van der Waals surface area contributed by atoms with Crippen LogP contribution >= 0.6 is 0 Å². The summed E-state index contributed by atoms with van der Waals surface area (Å²) in [4.78, 5) is 11.7. The standard InChI is InChI=1S/C11H24N2O3/c1-4-11(6-14,7-15)13-10(16)9(12)5-8(2)3/h8-9,14-15H,4-7,12H2,1-3H3,(H,13,16). The number of aliphatic hydroxyl groups excluding tert-OH is 2. The van der Waals surface area contributed by atoms with Crippen molar-refractivity contribution in [1.29, 1.82) is 0 Å². The summed E-state index contributed by atoms with van der Waals surface area (Å²) < 4.78 is 0. The van der Waals surface area contributed by atoms with Gasteiger partial charge in [0.25, 0.3) is 0 Å². The zero-order chi connectivity index (χ0) is 12.8. The Balaban J connectivity index is 4.40. The smallest absolute Gasteiger partial charge is 0.237 e. The van der Waals surface area contributed by atoms with Gasteiger partial charge in [0.15, 0.2) is 0 Å². The lowest BCUT2D eigenvalue weighted by molar-refractivity contribution is -0.126. The van der Waals surface area contributed by atoms with Gasteiger partial charge in [0.05, 0.1) is 24.8 Å². The van der Waals surface area contributed by atoms with Crippen molar-refractivity contribution in [3.8, 4) is 0 Å². The number of nitrogens with two attached hydrogens (primary N) is 1. The molecule has 5 N–H and O–H groups in total. The van der Waals surface area contributed by atoms with E-state index >= 15 is 0 Å². The van der Waals surface area contributed by atoms with Crippen molar-refractivity contribution in [1.82, 2.24) is 5.32 Å². The minimum atomic E-state index is -0.953. The molecule has 1 atom stereocenters. The molecule has 0 heterocycles. The zero-order valence-corrected chi connectivity index (χ0v) is 10.4. The van der Waals surface area contributed by atoms with E-state index in [1.54, 1.807) is 6.92 Å². The monoisotopic (exact) mass is 232 g/mol. The molecule has 0 aliphatic heterocycles. The fourth-order valence-corrected chi connectivity index (χ4v) is 1.41. The SMILES string of the molecule is CCC(CO)(CO)NC(=O)C(N)CC(C)C. The van der Waals surface area contributed by atoms with Crippen LogP contribution in [0.1, 0.15) is 33.6 Å². The summed E-state index contributed by atoms with van der Waals surface area (Å²) in [5.41, 5.74) is 4.76. The van der Waals surface area contributed by atoms with Crippen molar-refractivity contribution in [2.75, 3.05) is 13.2 Å². The minimum absolute atomic E-state index is 0.292. The average molecular weight is 232 g/mol. The quantitative estimate of drug-likeness (QED) is 0.481. The Hall–Kier alpha value is -0.650. The van der Waals surface area contributed by atoms with Crippen LogP contribution in [0.5, 0.6) is 0 Å². The van der Waals surface area contributed by atoms with Crippen molar-refractivity contribution in [2.45, 2.75) is 45.2 Å². The van der Waals surface area contributed by atoms with Crippen molar-refractivity contribution in [2.24, 2.45) is 11.7 Å². The maximum atomic E-state index is 11.7. The first kappa shape index (κ1) is 15.3. The summed E-state index contributed by atoms with van der Waals surface area (Å²) in [6, 6.07) is -0.593. The Morgan fingerprint density at radius 2 is 1.88 bits per heavy atom. The molecule has 5 heteroatoms. The van der Waals surface area contributed by atoms with Crippen LogP contribution in [0.4, 0.5) is 0 Å². The molecule has 0 aliphatic rings. The number of amides is 1. The van der Waals surface area contributed by atoms with E-state index in [1.165, 1.54) is 0 Å². The van der Waals surface area contributed by atoms with Gasteiger partial charge in [0.1, 0.15) is 0 Å². The Labute approximate surface area is 97.0 Å². The lowest BCUT2D eigenvalue weighted by Gasteiger charge is -2.31. The first-order chi connectivity index (χ1) is 7.40. The molecule has 96 valence electrons. The van der Waals surface area contributed by atoms with E-state index in [2.05, 4.69) is 5.32 Å². The molecule has 0 saturated heterocycles. The normalized spacial score (nSPS) is 13.9. The van der Waals surface area contributed by atoms with Crippen molar-refractivity contribution in [3.05, 3.63) is 0 Å². The first-order valence-corrected chi connectivity index (χ1v) is 5.70. The number of hydrogen-bond acceptors (Lipinski definition) is 4. The average Bonchev–Trinajstić information content (AvgIpc) is 2.25. The van der Waals surface area contributed by atoms with Gasteiger partial charge in [-0.15, -0.1) is 0 Å². The predicted molar refractivity (Wildman–Crippen MR) is 62.8 cm³/mol. The van der Waals surface area contributed by atoms with E-state index in [-0.39, 0.29) is 19.1 Å². The molecule has 1 unspecified atom stereocenters. The van der Waals surface area contributed by atoms with Crippen LogP contribution in [-0.4, -0.2) is 40.9 Å². The van der Waals surface area contributed by atoms with Gasteiger partial charge < -0.3 is 21.3 Å². The minimum Gasteiger partial charge on any atom is -0.394 e. The molecule has 0 aromatic carbocycles. The summed E-state index contributed by atoms with van der Waals surface area (Å²) in [5, 5.41) is 21.0. The van der Waals surface area contributed by atoms with Gasteiger partial charge in [-0.25, -0.2) is 0 Å². The molecule has 0 aromatic heterocycles. The number of carbonyl (C=O) groups excluding carboxylic acids is 1. The van der Waals surface area contributed by atoms with Gasteiger partial charge in [-0.3, -0.25) is 4.79 Å². The van der Waals surface area contributed by atoms with E-state index in [0.717, 1.165) is 0 Å². The summed E-state index contributed by atoms with van der Waals surface area (Å²) in [7, 11) is 0. The summed E-state index contributed by atoms with van der Waals surface area (Å²) >= 11 is 0. The fraction of sp³-hybridized carbons (Fsp3) is 0.909. The summed E-state index contributed by atoms with van der Waals surface area (Å²) in [6.07, 6.45) is 1.04. The zero-order valence-electron chi connectivity index (χ0n) is 10.4. The Bertz CT molecular complexity index is 207. The van der Waals surface area contributed by atoms with Gasteiger partial charge in [0.2, 0.25) is 5.91 Å². The Morgan fingerprint density at radius 3 is 2.19 bits per heavy atom. The molecule has 0 spiro atoms. The molecule has 0 fully saturated rings. The van der Waals surface area contributed by atoms with E-state index in [9.17, 15) is 15.0 Å². The van der Waals surface area contributed by atoms with Crippen LogP contribution < -0.4 is 11.1 Å². The van der Waals surface area contributed by atoms with E-state index in [1.807, 2.05) is 13.8 Å². The number of carbonyl (C=O) groups is 1. The van der Waals surface area contributed by atoms with E-state index in [0.29, 0.717) is 18.8 Å². The van der Waals surface area contributed by atoms with Crippen LogP contribution in [0.2, 0.25) is 0 Å². The highest BCUT2D eigenvalue weighted by atomic mass is 16.3. The largest absolute Gasteiger partial charge is 0.394 e. The Morgan fingerprint density at radius 1 is 1.38 bits per heavy atom. The molecule has 0 aliphatic carbocycles. The van der Waals surface area contributed by atoms with Crippen molar-refractivity contribution >= 4 is 5.91 Å². The summed E-state index contributed by atoms with van der Waals surface area (Å²) in [6.45, 7) is 5.18. The van der Waals surface area contributed by atoms with Gasteiger partial charge >= 0.3 is 0 Å². The van der Waals surface area contributed by atoms with Gasteiger partial charge in [-0.05, 0) is 18.8 Å². The van der Waals surface area contributed by atoms with E-state index < -0.39 is 11.6 Å². The molecule has 0 saturated carbocycles. The second-order valence-corrected chi connectivity index (χ2v) is 4.68. The number of nitrogens with one attached hydrogen (secondary N) is 1. The highest BCUT2D eigenvalue weighted by molar-refractivity contribution is 5.82. The van der Waals surface area contributed by atoms with Crippen LogP contribution in [-0.2, 0) is 4.79 Å². The second kappa shape index (κ2) is 6.83. The lowest BCUT2D eigenvalue weighted by Crippen LogP contribution is -2.57. The highest BCUT2D eigenvalue weighted by Gasteiger charge is 2.30. The third-order valence-corrected chi connectivity index (χ3v) is 2.73. The van der Waals surface area contributed by atoms with Gasteiger partial charge in [-0.2, -0.15) is 0 Å². The molecule has 0 bridgehead atoms. The lowest BCUT2D eigenvalue weighted by atomic mass is 9.96. The Kier molecular flexibility index (Phi) is 6.55. The van der Waals surface area contributed by atoms with Gasteiger partial charge in [0, 0.05) is 0 Å². The number of rotatable bonds is 7. The second-order valence-electron chi connectivity index (χ2n) is 4.68. The number of aliphatic hydroxyl groups is 2. The molecule has 0 rings (SSSR count). The van der Waals surface area contributed by atoms with Crippen molar-refractivity contribution in [3.63, 3.8) is 0 Å². The van der Waals surface area contributed by atoms with Gasteiger partial charge in [-0.1, -0.05) is 20.8 Å². The molecular formula is C11H24N2O3. The highest BCUT2D eigenvalue weighted by Crippen LogP contribution is 2.10. The molecular weight excluding hydrogens is 208 g/mol. The fourth-order valence-electron chi connectivity index (χ4n) is 1.41. The topological polar surface area (TPSA) is 95.6 Å². The predicted octanol–water partition coefficient (Wildman–Crippen LogP) is -0.391. The molecule has 0 aromatic rings. The van der Waals surface area contributed by atoms with Crippen LogP contribution in [0.15, 0.2) is 0 Å². The molecule has 1 amide bonds. The molecule has 5 nitrogen and oxygen atoms in total. The molecule has 0 radical (unpaired) electrons. The number of hydrogen-bond donors (Lipinski definition) is 4. The third-order valence-electron chi connectivity index (χ3n) is 2.73. The molecule has 16 heavy (non-hydrogen) atoms. The maximum absolute atomic E-state index is 11.7. The van der Waals surface area contributed by atoms with Crippen LogP contribution in [0.25, 0.3) is 0 Å².